The Bertz CT molecular complexity index is 1220. The molecule has 0 amide bonds. The number of aromatic nitrogens is 2. The molecule has 1 aliphatic carbocycles. The fourth-order valence-electron chi connectivity index (χ4n) is 4.44. The van der Waals surface area contributed by atoms with Crippen molar-refractivity contribution in [1.82, 2.24) is 9.97 Å². The highest BCUT2D eigenvalue weighted by Crippen LogP contribution is 2.49. The minimum atomic E-state index is 0.0291. The summed E-state index contributed by atoms with van der Waals surface area (Å²) in [4.78, 5) is 9.76. The predicted molar refractivity (Wildman–Crippen MR) is 117 cm³/mol. The summed E-state index contributed by atoms with van der Waals surface area (Å²) in [7, 11) is 0. The molecule has 0 unspecified atom stereocenters. The number of nitrogens with zero attached hydrogens (tertiary/aromatic N) is 2. The van der Waals surface area contributed by atoms with Gasteiger partial charge in [0, 0.05) is 22.3 Å². The van der Waals surface area contributed by atoms with Crippen LogP contribution in [0, 0.1) is 0 Å². The van der Waals surface area contributed by atoms with Gasteiger partial charge in [0.15, 0.2) is 0 Å². The lowest BCUT2D eigenvalue weighted by atomic mass is 9.82. The molecular formula is C26H24N2. The van der Waals surface area contributed by atoms with E-state index >= 15 is 0 Å². The van der Waals surface area contributed by atoms with Crippen LogP contribution in [0.3, 0.4) is 0 Å². The van der Waals surface area contributed by atoms with Gasteiger partial charge in [0.25, 0.3) is 0 Å². The third-order valence-electron chi connectivity index (χ3n) is 5.99. The van der Waals surface area contributed by atoms with Crippen molar-refractivity contribution in [3.05, 3.63) is 83.7 Å². The Morgan fingerprint density at radius 1 is 0.750 bits per heavy atom. The highest BCUT2D eigenvalue weighted by atomic mass is 14.9. The number of hydrogen-bond acceptors (Lipinski definition) is 2. The van der Waals surface area contributed by atoms with Gasteiger partial charge in [-0.25, -0.2) is 9.97 Å². The first kappa shape index (κ1) is 17.1. The molecule has 1 aromatic heterocycles. The summed E-state index contributed by atoms with van der Waals surface area (Å²) in [5.74, 6) is 1.19. The van der Waals surface area contributed by atoms with Crippen LogP contribution in [0.4, 0.5) is 0 Å². The van der Waals surface area contributed by atoms with Crippen LogP contribution in [-0.4, -0.2) is 9.97 Å². The van der Waals surface area contributed by atoms with Crippen LogP contribution in [0.25, 0.3) is 33.3 Å². The molecular weight excluding hydrogens is 340 g/mol. The van der Waals surface area contributed by atoms with Gasteiger partial charge >= 0.3 is 0 Å². The Kier molecular flexibility index (Phi) is 3.67. The summed E-state index contributed by atoms with van der Waals surface area (Å²) < 4.78 is 0. The zero-order valence-corrected chi connectivity index (χ0v) is 16.8. The molecule has 0 spiro atoms. The van der Waals surface area contributed by atoms with E-state index in [2.05, 4.69) is 88.4 Å². The summed E-state index contributed by atoms with van der Waals surface area (Å²) in [6.07, 6.45) is 0. The van der Waals surface area contributed by atoms with E-state index in [1.165, 1.54) is 22.3 Å². The fourth-order valence-corrected chi connectivity index (χ4v) is 4.44. The van der Waals surface area contributed by atoms with Gasteiger partial charge in [-0.2, -0.15) is 0 Å². The van der Waals surface area contributed by atoms with E-state index in [1.54, 1.807) is 0 Å². The van der Waals surface area contributed by atoms with E-state index in [-0.39, 0.29) is 11.3 Å². The summed E-state index contributed by atoms with van der Waals surface area (Å²) in [6.45, 7) is 8.92. The Morgan fingerprint density at radius 3 is 2.29 bits per heavy atom. The Labute approximate surface area is 166 Å². The normalized spacial score (nSPS) is 14.3. The highest BCUT2D eigenvalue weighted by molar-refractivity contribution is 5.94. The molecule has 0 bridgehead atoms. The summed E-state index contributed by atoms with van der Waals surface area (Å²) in [5, 5.41) is 1.11. The van der Waals surface area contributed by atoms with Crippen LogP contribution in [0.1, 0.15) is 50.6 Å². The van der Waals surface area contributed by atoms with Gasteiger partial charge in [0.2, 0.25) is 0 Å². The van der Waals surface area contributed by atoms with Gasteiger partial charge in [-0.15, -0.1) is 0 Å². The maximum atomic E-state index is 4.98. The minimum absolute atomic E-state index is 0.0291. The molecule has 0 atom stereocenters. The van der Waals surface area contributed by atoms with Crippen molar-refractivity contribution in [2.75, 3.05) is 0 Å². The van der Waals surface area contributed by atoms with E-state index in [4.69, 9.17) is 9.97 Å². The fraction of sp³-hybridized carbons (Fsp3) is 0.231. The van der Waals surface area contributed by atoms with E-state index in [9.17, 15) is 0 Å². The lowest BCUT2D eigenvalue weighted by molar-refractivity contribution is 0.660. The average molecular weight is 364 g/mol. The van der Waals surface area contributed by atoms with Crippen molar-refractivity contribution in [2.45, 2.75) is 39.0 Å². The molecule has 0 N–H and O–H groups in total. The largest absolute Gasteiger partial charge is 0.233 e. The van der Waals surface area contributed by atoms with Gasteiger partial charge in [-0.3, -0.25) is 0 Å². The maximum absolute atomic E-state index is 4.98. The van der Waals surface area contributed by atoms with Crippen LogP contribution >= 0.6 is 0 Å². The van der Waals surface area contributed by atoms with Crippen molar-refractivity contribution in [1.29, 1.82) is 0 Å². The number of benzene rings is 3. The summed E-state index contributed by atoms with van der Waals surface area (Å²) in [5.41, 5.74) is 8.68. The van der Waals surface area contributed by atoms with Crippen LogP contribution in [0.15, 0.2) is 66.7 Å². The van der Waals surface area contributed by atoms with Gasteiger partial charge in [-0.1, -0.05) is 82.3 Å². The average Bonchev–Trinajstić information content (AvgIpc) is 2.94. The van der Waals surface area contributed by atoms with E-state index in [0.29, 0.717) is 0 Å². The van der Waals surface area contributed by atoms with E-state index in [1.807, 2.05) is 6.07 Å². The van der Waals surface area contributed by atoms with Crippen LogP contribution in [0.5, 0.6) is 0 Å². The SMILES string of the molecule is CC(C)c1nc(-c2ccc3c(c2)-c2ccccc2C3(C)C)c2ccccc2n1. The van der Waals surface area contributed by atoms with Crippen LogP contribution < -0.4 is 0 Å². The van der Waals surface area contributed by atoms with E-state index in [0.717, 1.165) is 28.0 Å². The third kappa shape index (κ3) is 2.41. The second-order valence-corrected chi connectivity index (χ2v) is 8.53. The van der Waals surface area contributed by atoms with Crippen LogP contribution in [-0.2, 0) is 5.41 Å². The smallest absolute Gasteiger partial charge is 0.132 e. The number of rotatable bonds is 2. The van der Waals surface area contributed by atoms with Crippen molar-refractivity contribution in [3.63, 3.8) is 0 Å². The highest BCUT2D eigenvalue weighted by Gasteiger charge is 2.35. The van der Waals surface area contributed by atoms with Gasteiger partial charge in [0.1, 0.15) is 5.82 Å². The molecule has 0 radical (unpaired) electrons. The standard InChI is InChI=1S/C26H24N2/c1-16(2)25-27-23-12-8-6-10-19(23)24(28-25)17-13-14-22-20(15-17)18-9-5-7-11-21(18)26(22,3)4/h5-16H,1-4H3. The molecule has 2 nitrogen and oxygen atoms in total. The summed E-state index contributed by atoms with van der Waals surface area (Å²) in [6, 6.07) is 23.9. The molecule has 0 saturated carbocycles. The Hall–Kier alpha value is -3.00. The summed E-state index contributed by atoms with van der Waals surface area (Å²) >= 11 is 0. The van der Waals surface area contributed by atoms with Crippen LogP contribution in [0.2, 0.25) is 0 Å². The lowest BCUT2D eigenvalue weighted by Gasteiger charge is -2.21. The molecule has 1 aliphatic rings. The third-order valence-corrected chi connectivity index (χ3v) is 5.99. The van der Waals surface area contributed by atoms with E-state index < -0.39 is 0 Å². The second-order valence-electron chi connectivity index (χ2n) is 8.53. The first-order valence-electron chi connectivity index (χ1n) is 9.98. The molecule has 3 aromatic carbocycles. The number of hydrogen-bond donors (Lipinski definition) is 0. The van der Waals surface area contributed by atoms with Gasteiger partial charge in [0.05, 0.1) is 11.2 Å². The molecule has 0 aliphatic heterocycles. The first-order valence-corrected chi connectivity index (χ1v) is 9.98. The molecule has 0 saturated heterocycles. The van der Waals surface area contributed by atoms with Crippen molar-refractivity contribution in [3.8, 4) is 22.4 Å². The maximum Gasteiger partial charge on any atom is 0.132 e. The lowest BCUT2D eigenvalue weighted by Crippen LogP contribution is -2.14. The van der Waals surface area contributed by atoms with Crippen molar-refractivity contribution in [2.24, 2.45) is 0 Å². The van der Waals surface area contributed by atoms with Gasteiger partial charge in [-0.05, 0) is 34.4 Å². The van der Waals surface area contributed by atoms with Crippen molar-refractivity contribution >= 4 is 10.9 Å². The Morgan fingerprint density at radius 2 is 1.46 bits per heavy atom. The molecule has 28 heavy (non-hydrogen) atoms. The van der Waals surface area contributed by atoms with Gasteiger partial charge < -0.3 is 0 Å². The molecule has 0 fully saturated rings. The number of para-hydroxylation sites is 1. The topological polar surface area (TPSA) is 25.8 Å². The zero-order valence-electron chi connectivity index (χ0n) is 16.8. The van der Waals surface area contributed by atoms with Crippen molar-refractivity contribution < 1.29 is 0 Å². The molecule has 138 valence electrons. The monoisotopic (exact) mass is 364 g/mol. The second kappa shape index (κ2) is 6.00. The predicted octanol–water partition coefficient (Wildman–Crippen LogP) is 6.73. The first-order chi connectivity index (χ1) is 13.5. The Balaban J connectivity index is 1.78. The molecule has 4 aromatic rings. The molecule has 2 heteroatoms. The molecule has 5 rings (SSSR count). The zero-order chi connectivity index (χ0) is 19.5. The number of fused-ring (bicyclic) bond motifs is 4. The minimum Gasteiger partial charge on any atom is -0.233 e. The molecule has 1 heterocycles. The quantitative estimate of drug-likeness (QED) is 0.394.